The van der Waals surface area contributed by atoms with Crippen molar-refractivity contribution < 1.29 is 9.59 Å². The van der Waals surface area contributed by atoms with Gasteiger partial charge in [0, 0.05) is 30.8 Å². The molecule has 1 N–H and O–H groups in total. The third-order valence-electron chi connectivity index (χ3n) is 4.38. The second-order valence-electron chi connectivity index (χ2n) is 6.54. The Kier molecular flexibility index (Phi) is 6.63. The molecule has 1 saturated heterocycles. The van der Waals surface area contributed by atoms with Crippen LogP contribution in [0.5, 0.6) is 0 Å². The van der Waals surface area contributed by atoms with E-state index in [4.69, 9.17) is 0 Å². The Morgan fingerprint density at radius 1 is 1.26 bits per heavy atom. The molecule has 0 spiro atoms. The lowest BCUT2D eigenvalue weighted by molar-refractivity contribution is 0.0683. The number of rotatable bonds is 6. The average Bonchev–Trinajstić information content (AvgIpc) is 2.58. The minimum atomic E-state index is -0.0947. The highest BCUT2D eigenvalue weighted by molar-refractivity contribution is 5.99. The Labute approximate surface area is 139 Å². The first-order valence-electron chi connectivity index (χ1n) is 8.79. The lowest BCUT2D eigenvalue weighted by Crippen LogP contribution is -2.39. The van der Waals surface area contributed by atoms with Crippen molar-refractivity contribution in [3.63, 3.8) is 0 Å². The largest absolute Gasteiger partial charge is 0.352 e. The molecular formula is C19H28N2O2. The van der Waals surface area contributed by atoms with Crippen molar-refractivity contribution in [3.8, 4) is 0 Å². The first-order chi connectivity index (χ1) is 11.1. The maximum Gasteiger partial charge on any atom is 0.253 e. The van der Waals surface area contributed by atoms with E-state index in [1.807, 2.05) is 4.90 Å². The number of hydrogen-bond donors (Lipinski definition) is 1. The molecule has 2 amide bonds. The van der Waals surface area contributed by atoms with Gasteiger partial charge in [0.25, 0.3) is 11.8 Å². The van der Waals surface area contributed by atoms with Crippen molar-refractivity contribution in [1.82, 2.24) is 10.2 Å². The van der Waals surface area contributed by atoms with E-state index in [9.17, 15) is 9.59 Å². The molecule has 0 aliphatic carbocycles. The summed E-state index contributed by atoms with van der Waals surface area (Å²) in [6.45, 7) is 6.63. The second kappa shape index (κ2) is 8.70. The normalized spacial score (nSPS) is 17.8. The summed E-state index contributed by atoms with van der Waals surface area (Å²) >= 11 is 0. The molecule has 1 unspecified atom stereocenters. The number of carbonyl (C=O) groups excluding carboxylic acids is 2. The van der Waals surface area contributed by atoms with E-state index in [-0.39, 0.29) is 11.8 Å². The van der Waals surface area contributed by atoms with Crippen LogP contribution >= 0.6 is 0 Å². The van der Waals surface area contributed by atoms with E-state index in [1.54, 1.807) is 24.3 Å². The summed E-state index contributed by atoms with van der Waals surface area (Å²) in [6.07, 6.45) is 5.49. The van der Waals surface area contributed by atoms with E-state index >= 15 is 0 Å². The third kappa shape index (κ3) is 5.08. The number of carbonyl (C=O) groups is 2. The number of amides is 2. The first-order valence-corrected chi connectivity index (χ1v) is 8.79. The number of piperidine rings is 1. The predicted molar refractivity (Wildman–Crippen MR) is 92.6 cm³/mol. The van der Waals surface area contributed by atoms with Crippen molar-refractivity contribution in [2.45, 2.75) is 46.0 Å². The highest BCUT2D eigenvalue weighted by Crippen LogP contribution is 2.18. The van der Waals surface area contributed by atoms with Crippen molar-refractivity contribution in [2.75, 3.05) is 19.6 Å². The highest BCUT2D eigenvalue weighted by Gasteiger charge is 2.22. The molecule has 4 nitrogen and oxygen atoms in total. The first kappa shape index (κ1) is 17.5. The molecule has 1 aromatic rings. The quantitative estimate of drug-likeness (QED) is 0.817. The van der Waals surface area contributed by atoms with E-state index in [1.165, 1.54) is 6.42 Å². The van der Waals surface area contributed by atoms with E-state index < -0.39 is 0 Å². The maximum absolute atomic E-state index is 12.6. The number of likely N-dealkylation sites (tertiary alicyclic amines) is 1. The van der Waals surface area contributed by atoms with Crippen LogP contribution < -0.4 is 5.32 Å². The number of benzene rings is 1. The van der Waals surface area contributed by atoms with Gasteiger partial charge in [-0.25, -0.2) is 0 Å². The summed E-state index contributed by atoms with van der Waals surface area (Å²) in [5, 5.41) is 2.92. The molecule has 4 heteroatoms. The van der Waals surface area contributed by atoms with Crippen LogP contribution in [0.2, 0.25) is 0 Å². The molecule has 126 valence electrons. The molecule has 1 aromatic carbocycles. The summed E-state index contributed by atoms with van der Waals surface area (Å²) in [7, 11) is 0. The molecule has 1 atom stereocenters. The lowest BCUT2D eigenvalue weighted by atomic mass is 9.99. The fourth-order valence-electron chi connectivity index (χ4n) is 3.03. The zero-order chi connectivity index (χ0) is 16.7. The SMILES string of the molecule is CCCCCNC(=O)c1cccc(C(=O)N2CCCC(C)C2)c1. The molecule has 0 bridgehead atoms. The van der Waals surface area contributed by atoms with Crippen molar-refractivity contribution in [1.29, 1.82) is 0 Å². The van der Waals surface area contributed by atoms with Crippen LogP contribution in [0.15, 0.2) is 24.3 Å². The summed E-state index contributed by atoms with van der Waals surface area (Å²) < 4.78 is 0. The van der Waals surface area contributed by atoms with Gasteiger partial charge in [-0.1, -0.05) is 32.8 Å². The zero-order valence-electron chi connectivity index (χ0n) is 14.3. The highest BCUT2D eigenvalue weighted by atomic mass is 16.2. The van der Waals surface area contributed by atoms with Gasteiger partial charge < -0.3 is 10.2 Å². The fourth-order valence-corrected chi connectivity index (χ4v) is 3.03. The average molecular weight is 316 g/mol. The lowest BCUT2D eigenvalue weighted by Gasteiger charge is -2.31. The molecule has 1 fully saturated rings. The summed E-state index contributed by atoms with van der Waals surface area (Å²) in [4.78, 5) is 26.7. The Morgan fingerprint density at radius 2 is 2.04 bits per heavy atom. The van der Waals surface area contributed by atoms with Crippen LogP contribution in [0.1, 0.15) is 66.7 Å². The van der Waals surface area contributed by atoms with E-state index in [0.29, 0.717) is 23.6 Å². The molecule has 1 heterocycles. The minimum absolute atomic E-state index is 0.0391. The predicted octanol–water partition coefficient (Wildman–Crippen LogP) is 3.48. The monoisotopic (exact) mass is 316 g/mol. The minimum Gasteiger partial charge on any atom is -0.352 e. The topological polar surface area (TPSA) is 49.4 Å². The molecule has 1 aliphatic rings. The maximum atomic E-state index is 12.6. The van der Waals surface area contributed by atoms with Gasteiger partial charge in [0.05, 0.1) is 0 Å². The smallest absolute Gasteiger partial charge is 0.253 e. The van der Waals surface area contributed by atoms with Crippen LogP contribution in [0.3, 0.4) is 0 Å². The Balaban J connectivity index is 1.98. The van der Waals surface area contributed by atoms with Gasteiger partial charge in [0.1, 0.15) is 0 Å². The molecule has 2 rings (SSSR count). The van der Waals surface area contributed by atoms with Gasteiger partial charge in [-0.2, -0.15) is 0 Å². The van der Waals surface area contributed by atoms with Crippen molar-refractivity contribution in [2.24, 2.45) is 5.92 Å². The summed E-state index contributed by atoms with van der Waals surface area (Å²) in [6, 6.07) is 7.08. The van der Waals surface area contributed by atoms with Gasteiger partial charge in [-0.15, -0.1) is 0 Å². The van der Waals surface area contributed by atoms with Gasteiger partial charge in [0.2, 0.25) is 0 Å². The Morgan fingerprint density at radius 3 is 2.78 bits per heavy atom. The van der Waals surface area contributed by atoms with Crippen molar-refractivity contribution >= 4 is 11.8 Å². The van der Waals surface area contributed by atoms with Crippen molar-refractivity contribution in [3.05, 3.63) is 35.4 Å². The van der Waals surface area contributed by atoms with Crippen LogP contribution in [0.4, 0.5) is 0 Å². The number of nitrogens with one attached hydrogen (secondary N) is 1. The standard InChI is InChI=1S/C19H28N2O2/c1-3-4-5-11-20-18(22)16-9-6-10-17(13-16)19(23)21-12-7-8-15(2)14-21/h6,9-10,13,15H,3-5,7-8,11-12,14H2,1-2H3,(H,20,22). The number of unbranched alkanes of at least 4 members (excludes halogenated alkanes) is 2. The summed E-state index contributed by atoms with van der Waals surface area (Å²) in [5.74, 6) is 0.498. The van der Waals surface area contributed by atoms with E-state index in [0.717, 1.165) is 38.8 Å². The number of hydrogen-bond acceptors (Lipinski definition) is 2. The molecule has 1 aliphatic heterocycles. The molecule has 0 aromatic heterocycles. The fraction of sp³-hybridized carbons (Fsp3) is 0.579. The number of nitrogens with zero attached hydrogens (tertiary/aromatic N) is 1. The second-order valence-corrected chi connectivity index (χ2v) is 6.54. The van der Waals surface area contributed by atoms with Crippen LogP contribution in [0.25, 0.3) is 0 Å². The Bertz CT molecular complexity index is 542. The molecule has 0 saturated carbocycles. The van der Waals surface area contributed by atoms with Gasteiger partial charge in [0.15, 0.2) is 0 Å². The van der Waals surface area contributed by atoms with Gasteiger partial charge in [-0.3, -0.25) is 9.59 Å². The van der Waals surface area contributed by atoms with Crippen LogP contribution in [-0.4, -0.2) is 36.3 Å². The Hall–Kier alpha value is -1.84. The molecule has 0 radical (unpaired) electrons. The van der Waals surface area contributed by atoms with Crippen LogP contribution in [0, 0.1) is 5.92 Å². The van der Waals surface area contributed by atoms with Crippen LogP contribution in [-0.2, 0) is 0 Å². The van der Waals surface area contributed by atoms with Gasteiger partial charge >= 0.3 is 0 Å². The molecule has 23 heavy (non-hydrogen) atoms. The van der Waals surface area contributed by atoms with Gasteiger partial charge in [-0.05, 0) is 43.4 Å². The zero-order valence-corrected chi connectivity index (χ0v) is 14.3. The third-order valence-corrected chi connectivity index (χ3v) is 4.38. The summed E-state index contributed by atoms with van der Waals surface area (Å²) in [5.41, 5.74) is 1.18. The van der Waals surface area contributed by atoms with E-state index in [2.05, 4.69) is 19.2 Å². The molecular weight excluding hydrogens is 288 g/mol.